The maximum absolute atomic E-state index is 14.9. The number of guanidine groups is 1. The molecule has 0 aliphatic rings. The predicted octanol–water partition coefficient (Wildman–Crippen LogP) is -2.98. The highest BCUT2D eigenvalue weighted by molar-refractivity contribution is 5.99. The van der Waals surface area contributed by atoms with Crippen LogP contribution in [0.4, 0.5) is 0 Å². The van der Waals surface area contributed by atoms with Gasteiger partial charge in [0.15, 0.2) is 24.5 Å². The van der Waals surface area contributed by atoms with Crippen molar-refractivity contribution < 1.29 is 77.3 Å². The standard InChI is InChI=1S/C58H100N16O16/c1-13-15-17-23-57(9,62-12)54(89)73-46(65-36(30-75)20-19-25-63-56(59)60)52(87)71-45(66-37(31-76)26-33(3)4)51(86)72-47(67-38(32-77)27-34(5)6)53(88)74-58(10,24-18-16-14-2)55(90)69-39(21-22-42(79)80)49(84)70-44(35(7)8)50(85)64-29-41(78)68-40(28-43(81)82)48(83)61-11/h13-14,30-40,44-47,62,65-67H,1-2,15-29H2,3-12H3,(H,61,83)(H,64,85)(H,68,78)(H,69,90)(H,70,84)(H,71,87)(H,72,86)(H,73,89)(H,74,88)(H,79,80)(H,81,82)(H4,59,60,63)/t36-,37-,38-,39-,40?,44?,45+,46+,47+,57?,58?/m0/s1. The van der Waals surface area contributed by atoms with Gasteiger partial charge in [-0.05, 0) is 109 Å². The minimum Gasteiger partial charge on any atom is -0.481 e. The van der Waals surface area contributed by atoms with Crippen LogP contribution in [0.2, 0.25) is 0 Å². The fourth-order valence-electron chi connectivity index (χ4n) is 8.86. The molecule has 0 aliphatic carbocycles. The number of aliphatic carboxylic acids is 2. The summed E-state index contributed by atoms with van der Waals surface area (Å²) in [6.07, 6.45) is -1.15. The van der Waals surface area contributed by atoms with Crippen molar-refractivity contribution in [3.8, 4) is 0 Å². The molecule has 0 aromatic heterocycles. The first-order chi connectivity index (χ1) is 42.2. The number of hydrogen-bond donors (Lipinski definition) is 18. The summed E-state index contributed by atoms with van der Waals surface area (Å²) >= 11 is 0. The van der Waals surface area contributed by atoms with Crippen molar-refractivity contribution in [2.75, 3.05) is 27.2 Å². The third kappa shape index (κ3) is 31.8. The number of likely N-dealkylation sites (N-methyl/N-ethyl adjacent to an activating group) is 2. The molecule has 0 heterocycles. The smallest absolute Gasteiger partial charge is 0.305 e. The van der Waals surface area contributed by atoms with Crippen molar-refractivity contribution >= 4 is 89.9 Å². The first kappa shape index (κ1) is 81.8. The van der Waals surface area contributed by atoms with Crippen molar-refractivity contribution in [1.82, 2.24) is 74.4 Å². The number of nitrogens with two attached hydrogens (primary N) is 1. The van der Waals surface area contributed by atoms with E-state index in [0.29, 0.717) is 31.7 Å². The predicted molar refractivity (Wildman–Crippen MR) is 332 cm³/mol. The summed E-state index contributed by atoms with van der Waals surface area (Å²) in [4.78, 5) is 187. The fraction of sp³-hybridized carbons (Fsp3) is 0.672. The second-order valence-electron chi connectivity index (χ2n) is 23.3. The van der Waals surface area contributed by atoms with Crippen LogP contribution in [0.1, 0.15) is 139 Å². The average Bonchev–Trinajstić information content (AvgIpc) is 0.969. The Hall–Kier alpha value is -8.23. The molecule has 32 nitrogen and oxygen atoms in total. The van der Waals surface area contributed by atoms with E-state index in [4.69, 9.17) is 11.1 Å². The summed E-state index contributed by atoms with van der Waals surface area (Å²) in [7, 11) is 2.75. The van der Waals surface area contributed by atoms with Gasteiger partial charge in [0.2, 0.25) is 35.4 Å². The Morgan fingerprint density at radius 3 is 1.49 bits per heavy atom. The summed E-state index contributed by atoms with van der Waals surface area (Å²) in [6.45, 7) is 19.8. The molecule has 4 unspecified atom stereocenters. The number of unbranched alkanes of at least 4 members (excludes halogenated alkanes) is 2. The lowest BCUT2D eigenvalue weighted by Crippen LogP contribution is -2.69. The van der Waals surface area contributed by atoms with Crippen LogP contribution in [0, 0.1) is 23.2 Å². The second-order valence-corrected chi connectivity index (χ2v) is 23.3. The molecule has 0 radical (unpaired) electrons. The second kappa shape index (κ2) is 42.7. The quantitative estimate of drug-likeness (QED) is 0.00722. The molecule has 0 saturated heterocycles. The van der Waals surface area contributed by atoms with Crippen LogP contribution in [-0.4, -0.2) is 193 Å². The lowest BCUT2D eigenvalue weighted by Gasteiger charge is -2.35. The molecule has 0 rings (SSSR count). The van der Waals surface area contributed by atoms with Gasteiger partial charge >= 0.3 is 11.9 Å². The van der Waals surface area contributed by atoms with Gasteiger partial charge in [-0.3, -0.25) is 74.1 Å². The van der Waals surface area contributed by atoms with Gasteiger partial charge < -0.3 is 88.8 Å². The summed E-state index contributed by atoms with van der Waals surface area (Å²) in [5.41, 5.74) is 2.05. The molecule has 9 amide bonds. The Balaban J connectivity index is 7.67. The molecule has 0 aromatic rings. The summed E-state index contributed by atoms with van der Waals surface area (Å²) in [5, 5.41) is 62.2. The van der Waals surface area contributed by atoms with Crippen LogP contribution >= 0.6 is 0 Å². The van der Waals surface area contributed by atoms with Gasteiger partial charge in [-0.1, -0.05) is 53.7 Å². The normalized spacial score (nSPS) is 15.5. The zero-order valence-corrected chi connectivity index (χ0v) is 53.5. The topological polar surface area (TPSA) is 498 Å². The van der Waals surface area contributed by atoms with Crippen LogP contribution in [0.15, 0.2) is 25.3 Å². The van der Waals surface area contributed by atoms with E-state index < -0.39 is 163 Å². The molecule has 0 spiro atoms. The molecule has 90 heavy (non-hydrogen) atoms. The largest absolute Gasteiger partial charge is 0.481 e. The Bertz CT molecular complexity index is 2470. The first-order valence-electron chi connectivity index (χ1n) is 29.9. The third-order valence-corrected chi connectivity index (χ3v) is 14.1. The summed E-state index contributed by atoms with van der Waals surface area (Å²) in [5.74, 6) is -13.3. The van der Waals surface area contributed by atoms with Gasteiger partial charge in [-0.25, -0.2) is 0 Å². The van der Waals surface area contributed by atoms with Crippen molar-refractivity contribution in [1.29, 1.82) is 5.41 Å². The lowest BCUT2D eigenvalue weighted by atomic mass is 9.92. The highest BCUT2D eigenvalue weighted by atomic mass is 16.4. The molecule has 32 heteroatoms. The Morgan fingerprint density at radius 2 is 1.04 bits per heavy atom. The van der Waals surface area contributed by atoms with Crippen molar-refractivity contribution in [3.05, 3.63) is 25.3 Å². The van der Waals surface area contributed by atoms with Crippen molar-refractivity contribution in [3.63, 3.8) is 0 Å². The third-order valence-electron chi connectivity index (χ3n) is 14.1. The molecule has 0 aromatic carbocycles. The van der Waals surface area contributed by atoms with Gasteiger partial charge in [0.25, 0.3) is 17.7 Å². The number of aldehydes is 3. The number of carbonyl (C=O) groups is 14. The number of hydrogen-bond acceptors (Lipinski definition) is 19. The van der Waals surface area contributed by atoms with E-state index in [2.05, 4.69) is 87.6 Å². The zero-order valence-electron chi connectivity index (χ0n) is 53.5. The lowest BCUT2D eigenvalue weighted by molar-refractivity contribution is -0.140. The number of carboxylic acids is 2. The van der Waals surface area contributed by atoms with E-state index in [1.165, 1.54) is 40.9 Å². The van der Waals surface area contributed by atoms with Gasteiger partial charge in [0.1, 0.15) is 42.5 Å². The minimum atomic E-state index is -2.07. The summed E-state index contributed by atoms with van der Waals surface area (Å²) < 4.78 is 0. The first-order valence-corrected chi connectivity index (χ1v) is 29.9. The van der Waals surface area contributed by atoms with Crippen LogP contribution in [0.3, 0.4) is 0 Å². The van der Waals surface area contributed by atoms with E-state index >= 15 is 0 Å². The van der Waals surface area contributed by atoms with Gasteiger partial charge in [-0.15, -0.1) is 13.2 Å². The van der Waals surface area contributed by atoms with Crippen LogP contribution in [0.25, 0.3) is 0 Å². The SMILES string of the molecule is C=CCCCC(C)(NC)C(=O)N[C@@H](N[C@H](C=O)CCCNC(=N)N)C(=O)N[C@@H](N[C@H](C=O)CC(C)C)C(=O)N[C@@H](N[C@H](C=O)CC(C)C)C(=O)NC(C)(CCCC=C)C(=O)N[C@@H](CCC(=O)O)C(=O)NC(C(=O)NCC(=O)NC(CC(=O)O)C(=O)NC)C(C)C. The molecule has 19 N–H and O–H groups in total. The molecule has 11 atom stereocenters. The number of rotatable bonds is 49. The van der Waals surface area contributed by atoms with E-state index in [0.717, 1.165) is 0 Å². The minimum absolute atomic E-state index is 0.0538. The van der Waals surface area contributed by atoms with E-state index in [1.807, 2.05) is 0 Å². The highest BCUT2D eigenvalue weighted by Gasteiger charge is 2.42. The fourth-order valence-corrected chi connectivity index (χ4v) is 8.86. The zero-order chi connectivity index (χ0) is 68.9. The number of carbonyl (C=O) groups excluding carboxylic acids is 12. The van der Waals surface area contributed by atoms with E-state index in [-0.39, 0.29) is 75.7 Å². The van der Waals surface area contributed by atoms with Crippen molar-refractivity contribution in [2.24, 2.45) is 23.5 Å². The van der Waals surface area contributed by atoms with E-state index in [1.54, 1.807) is 40.7 Å². The number of nitrogens with one attached hydrogen (secondary N) is 15. The average molecular weight is 1280 g/mol. The molecular formula is C58H100N16O16. The van der Waals surface area contributed by atoms with Crippen molar-refractivity contribution in [2.45, 2.75) is 205 Å². The number of allylic oxidation sites excluding steroid dienone is 2. The monoisotopic (exact) mass is 1280 g/mol. The van der Waals surface area contributed by atoms with Crippen LogP contribution in [-0.2, 0) is 67.1 Å². The Morgan fingerprint density at radius 1 is 0.556 bits per heavy atom. The Labute approximate surface area is 526 Å². The molecule has 0 fully saturated rings. The number of amides is 9. The van der Waals surface area contributed by atoms with Crippen LogP contribution in [0.5, 0.6) is 0 Å². The maximum atomic E-state index is 14.9. The molecular weight excluding hydrogens is 1180 g/mol. The van der Waals surface area contributed by atoms with E-state index in [9.17, 15) is 77.3 Å². The summed E-state index contributed by atoms with van der Waals surface area (Å²) in [6, 6.07) is -8.12. The molecule has 0 saturated carbocycles. The maximum Gasteiger partial charge on any atom is 0.305 e. The van der Waals surface area contributed by atoms with Gasteiger partial charge in [-0.2, -0.15) is 0 Å². The number of carboxylic acid groups (broad SMARTS) is 2. The molecule has 0 aliphatic heterocycles. The molecule has 508 valence electrons. The van der Waals surface area contributed by atoms with Gasteiger partial charge in [0.05, 0.1) is 36.6 Å². The Kier molecular flexibility index (Phi) is 38.8. The highest BCUT2D eigenvalue weighted by Crippen LogP contribution is 2.18. The van der Waals surface area contributed by atoms with Crippen LogP contribution < -0.4 is 80.2 Å². The van der Waals surface area contributed by atoms with Gasteiger partial charge in [0, 0.05) is 20.0 Å². The molecule has 0 bridgehead atoms.